The number of benzene rings is 3. The molecule has 1 aromatic heterocycles. The molecule has 4 aromatic rings. The molecule has 8 nitrogen and oxygen atoms in total. The Hall–Kier alpha value is -3.67. The number of phenolic OH excluding ortho intramolecular Hbond substituents is 1. The summed E-state index contributed by atoms with van der Waals surface area (Å²) in [4.78, 5) is 13.5. The molecule has 0 aliphatic carbocycles. The smallest absolute Gasteiger partial charge is 0.319 e. The van der Waals surface area contributed by atoms with E-state index in [-0.39, 0.29) is 52.5 Å². The number of aromatic nitrogens is 2. The fourth-order valence-electron chi connectivity index (χ4n) is 8.32. The number of anilines is 1. The monoisotopic (exact) mass is 619 g/mol. The van der Waals surface area contributed by atoms with Crippen molar-refractivity contribution in [1.82, 2.24) is 20.2 Å². The largest absolute Gasteiger partial charge is 0.508 e. The number of aliphatic hydroxyl groups excluding tert-OH is 1. The SMILES string of the molecule is CC(O)c1cccc2cc(O)cc(-c3c(F)cc4c(N5CC6CCC(C5)N6)nc(OCC56CCCN5CC(F)C6)nc4c3F)c12. The van der Waals surface area contributed by atoms with Gasteiger partial charge in [0.2, 0.25) is 0 Å². The van der Waals surface area contributed by atoms with Crippen molar-refractivity contribution in [3.8, 4) is 22.9 Å². The van der Waals surface area contributed by atoms with Gasteiger partial charge in [0.25, 0.3) is 0 Å². The summed E-state index contributed by atoms with van der Waals surface area (Å²) < 4.78 is 53.8. The molecule has 5 atom stereocenters. The summed E-state index contributed by atoms with van der Waals surface area (Å²) in [6.07, 6.45) is 2.30. The van der Waals surface area contributed by atoms with Crippen molar-refractivity contribution in [3.05, 3.63) is 53.6 Å². The molecule has 4 aliphatic heterocycles. The van der Waals surface area contributed by atoms with E-state index in [0.717, 1.165) is 32.2 Å². The minimum absolute atomic E-state index is 0.0335. The van der Waals surface area contributed by atoms with Crippen molar-refractivity contribution >= 4 is 27.5 Å². The van der Waals surface area contributed by atoms with E-state index in [0.29, 0.717) is 48.2 Å². The van der Waals surface area contributed by atoms with Gasteiger partial charge in [-0.15, -0.1) is 0 Å². The molecule has 0 saturated carbocycles. The lowest BCUT2D eigenvalue weighted by Crippen LogP contribution is -2.51. The van der Waals surface area contributed by atoms with Crippen LogP contribution in [0.1, 0.15) is 50.7 Å². The minimum Gasteiger partial charge on any atom is -0.508 e. The van der Waals surface area contributed by atoms with Crippen molar-refractivity contribution < 1.29 is 28.1 Å². The average Bonchev–Trinajstić information content (AvgIpc) is 3.65. The molecule has 4 aliphatic rings. The number of piperazine rings is 1. The van der Waals surface area contributed by atoms with Crippen LogP contribution in [-0.2, 0) is 0 Å². The number of nitrogens with zero attached hydrogens (tertiary/aromatic N) is 4. The Bertz CT molecular complexity index is 1810. The first-order valence-corrected chi connectivity index (χ1v) is 15.9. The summed E-state index contributed by atoms with van der Waals surface area (Å²) in [5.41, 5.74) is -0.311. The molecule has 8 rings (SSSR count). The van der Waals surface area contributed by atoms with Gasteiger partial charge in [-0.3, -0.25) is 4.90 Å². The van der Waals surface area contributed by atoms with Gasteiger partial charge < -0.3 is 25.2 Å². The van der Waals surface area contributed by atoms with Gasteiger partial charge in [-0.25, -0.2) is 13.2 Å². The molecule has 3 aromatic carbocycles. The van der Waals surface area contributed by atoms with Crippen LogP contribution in [0.2, 0.25) is 0 Å². The third kappa shape index (κ3) is 4.78. The third-order valence-electron chi connectivity index (χ3n) is 10.3. The number of hydrogen-bond donors (Lipinski definition) is 3. The Morgan fingerprint density at radius 1 is 1.11 bits per heavy atom. The molecule has 4 saturated heterocycles. The number of alkyl halides is 1. The first-order valence-electron chi connectivity index (χ1n) is 15.9. The Morgan fingerprint density at radius 3 is 2.69 bits per heavy atom. The van der Waals surface area contributed by atoms with Crippen LogP contribution in [0.15, 0.2) is 36.4 Å². The highest BCUT2D eigenvalue weighted by molar-refractivity contribution is 6.03. The number of aliphatic hydroxyl groups is 1. The van der Waals surface area contributed by atoms with Gasteiger partial charge in [0.1, 0.15) is 35.7 Å². The number of halogens is 3. The Labute approximate surface area is 258 Å². The molecule has 45 heavy (non-hydrogen) atoms. The van der Waals surface area contributed by atoms with Crippen molar-refractivity contribution in [3.63, 3.8) is 0 Å². The highest BCUT2D eigenvalue weighted by Gasteiger charge is 2.49. The number of nitrogens with one attached hydrogen (secondary N) is 1. The summed E-state index contributed by atoms with van der Waals surface area (Å²) in [5, 5.41) is 25.9. The zero-order valence-corrected chi connectivity index (χ0v) is 25.1. The van der Waals surface area contributed by atoms with Gasteiger partial charge in [-0.1, -0.05) is 18.2 Å². The fourth-order valence-corrected chi connectivity index (χ4v) is 8.32. The number of fused-ring (bicyclic) bond motifs is 5. The summed E-state index contributed by atoms with van der Waals surface area (Å²) in [5.74, 6) is -1.50. The maximum Gasteiger partial charge on any atom is 0.319 e. The van der Waals surface area contributed by atoms with Gasteiger partial charge in [-0.05, 0) is 79.3 Å². The van der Waals surface area contributed by atoms with E-state index >= 15 is 8.78 Å². The van der Waals surface area contributed by atoms with Crippen molar-refractivity contribution in [1.29, 1.82) is 0 Å². The lowest BCUT2D eigenvalue weighted by atomic mass is 9.91. The zero-order valence-electron chi connectivity index (χ0n) is 25.1. The average molecular weight is 620 g/mol. The lowest BCUT2D eigenvalue weighted by Gasteiger charge is -2.34. The number of aromatic hydroxyl groups is 1. The van der Waals surface area contributed by atoms with Crippen LogP contribution in [-0.4, -0.2) is 81.7 Å². The molecule has 236 valence electrons. The number of rotatable bonds is 6. The van der Waals surface area contributed by atoms with E-state index < -0.39 is 29.4 Å². The maximum atomic E-state index is 16.9. The zero-order chi connectivity index (χ0) is 31.0. The van der Waals surface area contributed by atoms with E-state index in [1.165, 1.54) is 18.2 Å². The van der Waals surface area contributed by atoms with Gasteiger partial charge in [0.05, 0.1) is 17.2 Å². The molecule has 5 unspecified atom stereocenters. The molecule has 11 heteroatoms. The van der Waals surface area contributed by atoms with Crippen LogP contribution in [0.5, 0.6) is 11.8 Å². The first kappa shape index (κ1) is 28.8. The van der Waals surface area contributed by atoms with Gasteiger partial charge in [0.15, 0.2) is 5.82 Å². The van der Waals surface area contributed by atoms with Crippen LogP contribution in [0.3, 0.4) is 0 Å². The van der Waals surface area contributed by atoms with Crippen LogP contribution in [0.4, 0.5) is 19.0 Å². The molecule has 0 amide bonds. The second-order valence-corrected chi connectivity index (χ2v) is 13.3. The van der Waals surface area contributed by atoms with Gasteiger partial charge >= 0.3 is 6.01 Å². The predicted molar refractivity (Wildman–Crippen MR) is 165 cm³/mol. The van der Waals surface area contributed by atoms with E-state index in [1.54, 1.807) is 25.1 Å². The number of ether oxygens (including phenoxy) is 1. The topological polar surface area (TPSA) is 94.0 Å². The van der Waals surface area contributed by atoms with Crippen LogP contribution >= 0.6 is 0 Å². The molecule has 4 fully saturated rings. The Kier molecular flexibility index (Phi) is 6.85. The van der Waals surface area contributed by atoms with Crippen LogP contribution < -0.4 is 15.0 Å². The highest BCUT2D eigenvalue weighted by Crippen LogP contribution is 2.44. The van der Waals surface area contributed by atoms with Crippen molar-refractivity contribution in [2.45, 2.75) is 68.9 Å². The van der Waals surface area contributed by atoms with E-state index in [4.69, 9.17) is 9.72 Å². The minimum atomic E-state index is -0.926. The number of hydrogen-bond acceptors (Lipinski definition) is 8. The predicted octanol–water partition coefficient (Wildman–Crippen LogP) is 5.38. The normalized spacial score (nSPS) is 27.0. The molecule has 2 bridgehead atoms. The lowest BCUT2D eigenvalue weighted by molar-refractivity contribution is 0.107. The first-order chi connectivity index (χ1) is 21.7. The Balaban J connectivity index is 1.30. The fraction of sp³-hybridized carbons (Fsp3) is 0.471. The summed E-state index contributed by atoms with van der Waals surface area (Å²) >= 11 is 0. The molecular weight excluding hydrogens is 583 g/mol. The molecule has 3 N–H and O–H groups in total. The summed E-state index contributed by atoms with van der Waals surface area (Å²) in [6, 6.07) is 9.69. The number of phenols is 1. The summed E-state index contributed by atoms with van der Waals surface area (Å²) in [7, 11) is 0. The summed E-state index contributed by atoms with van der Waals surface area (Å²) in [6.45, 7) is 4.20. The van der Waals surface area contributed by atoms with Crippen LogP contribution in [0, 0.1) is 11.6 Å². The third-order valence-corrected chi connectivity index (χ3v) is 10.3. The molecule has 0 spiro atoms. The molecule has 5 heterocycles. The van der Waals surface area contributed by atoms with E-state index in [1.807, 2.05) is 0 Å². The van der Waals surface area contributed by atoms with E-state index in [9.17, 15) is 14.6 Å². The van der Waals surface area contributed by atoms with Crippen molar-refractivity contribution in [2.24, 2.45) is 0 Å². The quantitative estimate of drug-likeness (QED) is 0.265. The molecule has 0 radical (unpaired) electrons. The Morgan fingerprint density at radius 2 is 1.91 bits per heavy atom. The standard InChI is InChI=1S/C34H36F3N5O3/c1-18(43)24-5-2-4-19-10-23(44)11-25(28(19)24)29-27(36)12-26-31(30(29)37)39-33(40-32(26)41-15-21-6-7-22(16-41)38-21)45-17-34-8-3-9-42(34)14-20(35)13-34/h2,4-5,10-12,18,20-22,38,43-44H,3,6-9,13-17H2,1H3. The van der Waals surface area contributed by atoms with Crippen molar-refractivity contribution in [2.75, 3.05) is 37.7 Å². The van der Waals surface area contributed by atoms with Crippen LogP contribution in [0.25, 0.3) is 32.8 Å². The second kappa shape index (κ2) is 10.7. The van der Waals surface area contributed by atoms with E-state index in [2.05, 4.69) is 20.1 Å². The highest BCUT2D eigenvalue weighted by atomic mass is 19.1. The van der Waals surface area contributed by atoms with Gasteiger partial charge in [0, 0.05) is 43.5 Å². The van der Waals surface area contributed by atoms with Gasteiger partial charge in [-0.2, -0.15) is 9.97 Å². The maximum absolute atomic E-state index is 16.9. The molecular formula is C34H36F3N5O3. The second-order valence-electron chi connectivity index (χ2n) is 13.3.